The van der Waals surface area contributed by atoms with Gasteiger partial charge in [0.05, 0.1) is 16.4 Å². The summed E-state index contributed by atoms with van der Waals surface area (Å²) in [5.74, 6) is 1.70. The molecule has 0 unspecified atom stereocenters. The number of benzene rings is 1. The normalized spacial score (nSPS) is 15.7. The zero-order chi connectivity index (χ0) is 16.4. The Morgan fingerprint density at radius 3 is 2.39 bits per heavy atom. The van der Waals surface area contributed by atoms with Gasteiger partial charge in [0.1, 0.15) is 5.76 Å². The van der Waals surface area contributed by atoms with Crippen LogP contribution >= 0.6 is 15.9 Å². The summed E-state index contributed by atoms with van der Waals surface area (Å²) in [5.41, 5.74) is 2.42. The Bertz CT molecular complexity index is 689. The minimum absolute atomic E-state index is 0.165. The summed E-state index contributed by atoms with van der Waals surface area (Å²) in [7, 11) is 0. The molecule has 1 aromatic carbocycles. The van der Waals surface area contributed by atoms with Crippen molar-refractivity contribution in [2.45, 2.75) is 39.0 Å². The zero-order valence-corrected chi connectivity index (χ0v) is 15.6. The summed E-state index contributed by atoms with van der Waals surface area (Å²) >= 11 is 3.59. The maximum absolute atomic E-state index is 5.93. The van der Waals surface area contributed by atoms with Crippen molar-refractivity contribution in [3.8, 4) is 0 Å². The third kappa shape index (κ3) is 3.86. The van der Waals surface area contributed by atoms with Gasteiger partial charge in [0.25, 0.3) is 0 Å². The molecule has 0 atom stereocenters. The fourth-order valence-electron chi connectivity index (χ4n) is 2.76. The maximum atomic E-state index is 5.93. The van der Waals surface area contributed by atoms with Crippen LogP contribution in [0.5, 0.6) is 0 Å². The minimum Gasteiger partial charge on any atom is -0.438 e. The summed E-state index contributed by atoms with van der Waals surface area (Å²) in [6, 6.07) is 10.4. The number of anilines is 1. The fourth-order valence-corrected chi connectivity index (χ4v) is 3.32. The molecule has 122 valence electrons. The molecule has 0 radical (unpaired) electrons. The Labute approximate surface area is 146 Å². The van der Waals surface area contributed by atoms with Crippen molar-refractivity contribution < 1.29 is 4.42 Å². The van der Waals surface area contributed by atoms with E-state index < -0.39 is 0 Å². The van der Waals surface area contributed by atoms with Crippen LogP contribution in [0, 0.1) is 0 Å². The van der Waals surface area contributed by atoms with Crippen LogP contribution in [0.15, 0.2) is 44.2 Å². The van der Waals surface area contributed by atoms with Gasteiger partial charge >= 0.3 is 0 Å². The molecule has 0 bridgehead atoms. The van der Waals surface area contributed by atoms with Crippen molar-refractivity contribution in [2.24, 2.45) is 4.99 Å². The topological polar surface area (TPSA) is 28.7 Å². The average molecular weight is 375 g/mol. The van der Waals surface area contributed by atoms with Crippen LogP contribution in [0.4, 0.5) is 11.6 Å². The van der Waals surface area contributed by atoms with Gasteiger partial charge in [-0.25, -0.2) is 0 Å². The Morgan fingerprint density at radius 2 is 1.78 bits per heavy atom. The second kappa shape index (κ2) is 6.52. The van der Waals surface area contributed by atoms with Gasteiger partial charge in [-0.3, -0.25) is 4.99 Å². The van der Waals surface area contributed by atoms with Crippen LogP contribution in [-0.4, -0.2) is 19.3 Å². The number of furan rings is 1. The molecule has 2 aromatic rings. The first-order valence-electron chi connectivity index (χ1n) is 8.12. The highest BCUT2D eigenvalue weighted by Crippen LogP contribution is 2.32. The largest absolute Gasteiger partial charge is 0.438 e. The van der Waals surface area contributed by atoms with E-state index >= 15 is 0 Å². The highest BCUT2D eigenvalue weighted by Gasteiger charge is 2.19. The van der Waals surface area contributed by atoms with E-state index in [-0.39, 0.29) is 5.41 Å². The number of aliphatic imine (C=N–C) groups is 1. The summed E-state index contributed by atoms with van der Waals surface area (Å²) in [5, 5.41) is 0. The van der Waals surface area contributed by atoms with Crippen LogP contribution in [0.2, 0.25) is 0 Å². The summed E-state index contributed by atoms with van der Waals surface area (Å²) < 4.78 is 6.93. The van der Waals surface area contributed by atoms with Crippen molar-refractivity contribution >= 4 is 33.7 Å². The molecule has 23 heavy (non-hydrogen) atoms. The van der Waals surface area contributed by atoms with Gasteiger partial charge < -0.3 is 9.32 Å². The van der Waals surface area contributed by atoms with Gasteiger partial charge in [0.15, 0.2) is 0 Å². The third-order valence-electron chi connectivity index (χ3n) is 4.16. The molecule has 0 spiro atoms. The van der Waals surface area contributed by atoms with E-state index in [0.29, 0.717) is 0 Å². The Balaban J connectivity index is 1.74. The second-order valence-corrected chi connectivity index (χ2v) is 7.91. The van der Waals surface area contributed by atoms with E-state index in [1.807, 2.05) is 6.07 Å². The number of hydrogen-bond donors (Lipinski definition) is 0. The fraction of sp³-hybridized carbons (Fsp3) is 0.421. The van der Waals surface area contributed by atoms with E-state index in [1.54, 1.807) is 6.21 Å². The van der Waals surface area contributed by atoms with Crippen molar-refractivity contribution in [2.75, 3.05) is 18.0 Å². The number of rotatable bonds is 3. The lowest BCUT2D eigenvalue weighted by Crippen LogP contribution is -2.17. The van der Waals surface area contributed by atoms with Gasteiger partial charge in [-0.1, -0.05) is 32.9 Å². The van der Waals surface area contributed by atoms with Crippen LogP contribution in [0.1, 0.15) is 44.9 Å². The standard InChI is InChI=1S/C19H23BrN2O/c1-19(2,3)14-6-8-15(9-7-14)21-13-16-12-17(20)18(23-16)22-10-4-5-11-22/h6-9,12-13H,4-5,10-11H2,1-3H3. The summed E-state index contributed by atoms with van der Waals surface area (Å²) in [6.45, 7) is 8.77. The van der Waals surface area contributed by atoms with Crippen molar-refractivity contribution in [1.82, 2.24) is 0 Å². The van der Waals surface area contributed by atoms with Crippen LogP contribution < -0.4 is 4.90 Å². The predicted molar refractivity (Wildman–Crippen MR) is 100 cm³/mol. The van der Waals surface area contributed by atoms with Crippen LogP contribution in [0.25, 0.3) is 0 Å². The molecule has 2 heterocycles. The molecule has 3 rings (SSSR count). The molecule has 0 aliphatic carbocycles. The molecule has 1 aliphatic rings. The third-order valence-corrected chi connectivity index (χ3v) is 4.72. The number of nitrogens with zero attached hydrogens (tertiary/aromatic N) is 2. The van der Waals surface area contributed by atoms with E-state index in [1.165, 1.54) is 18.4 Å². The molecular formula is C19H23BrN2O. The first-order chi connectivity index (χ1) is 10.9. The highest BCUT2D eigenvalue weighted by molar-refractivity contribution is 9.10. The summed E-state index contributed by atoms with van der Waals surface area (Å²) in [4.78, 5) is 6.80. The van der Waals surface area contributed by atoms with E-state index in [2.05, 4.69) is 70.9 Å². The molecule has 0 saturated carbocycles. The van der Waals surface area contributed by atoms with Crippen molar-refractivity contribution in [3.05, 3.63) is 46.1 Å². The van der Waals surface area contributed by atoms with E-state index in [0.717, 1.165) is 34.9 Å². The maximum Gasteiger partial charge on any atom is 0.210 e. The lowest BCUT2D eigenvalue weighted by atomic mass is 9.87. The van der Waals surface area contributed by atoms with Gasteiger partial charge in [-0.15, -0.1) is 0 Å². The molecule has 0 N–H and O–H groups in total. The first kappa shape index (κ1) is 16.3. The number of halogens is 1. The molecule has 3 nitrogen and oxygen atoms in total. The van der Waals surface area contributed by atoms with Gasteiger partial charge in [-0.05, 0) is 51.9 Å². The lowest BCUT2D eigenvalue weighted by molar-refractivity contribution is 0.549. The molecule has 0 amide bonds. The predicted octanol–water partition coefficient (Wildman–Crippen LogP) is 5.69. The number of hydrogen-bond acceptors (Lipinski definition) is 3. The molecule has 4 heteroatoms. The van der Waals surface area contributed by atoms with Gasteiger partial charge in [-0.2, -0.15) is 0 Å². The molecule has 1 aromatic heterocycles. The van der Waals surface area contributed by atoms with Gasteiger partial charge in [0.2, 0.25) is 5.88 Å². The van der Waals surface area contributed by atoms with Crippen LogP contribution in [0.3, 0.4) is 0 Å². The van der Waals surface area contributed by atoms with E-state index in [4.69, 9.17) is 4.42 Å². The summed E-state index contributed by atoms with van der Waals surface area (Å²) in [6.07, 6.45) is 4.25. The monoisotopic (exact) mass is 374 g/mol. The second-order valence-electron chi connectivity index (χ2n) is 7.05. The van der Waals surface area contributed by atoms with E-state index in [9.17, 15) is 0 Å². The van der Waals surface area contributed by atoms with Crippen LogP contribution in [-0.2, 0) is 5.41 Å². The van der Waals surface area contributed by atoms with Crippen molar-refractivity contribution in [3.63, 3.8) is 0 Å². The zero-order valence-electron chi connectivity index (χ0n) is 14.0. The smallest absolute Gasteiger partial charge is 0.210 e. The van der Waals surface area contributed by atoms with Crippen molar-refractivity contribution in [1.29, 1.82) is 0 Å². The lowest BCUT2D eigenvalue weighted by Gasteiger charge is -2.18. The average Bonchev–Trinajstić information content (AvgIpc) is 3.14. The Morgan fingerprint density at radius 1 is 1.13 bits per heavy atom. The quantitative estimate of drug-likeness (QED) is 0.645. The van der Waals surface area contributed by atoms with Gasteiger partial charge in [0, 0.05) is 19.2 Å². The SMILES string of the molecule is CC(C)(C)c1ccc(N=Cc2cc(Br)c(N3CCCC3)o2)cc1. The minimum atomic E-state index is 0.165. The molecular weight excluding hydrogens is 352 g/mol. The Kier molecular flexibility index (Phi) is 4.62. The Hall–Kier alpha value is -1.55. The molecule has 1 aliphatic heterocycles. The highest BCUT2D eigenvalue weighted by atomic mass is 79.9. The molecule has 1 fully saturated rings. The first-order valence-corrected chi connectivity index (χ1v) is 8.92. The molecule has 1 saturated heterocycles.